The summed E-state index contributed by atoms with van der Waals surface area (Å²) in [4.78, 5) is 38.9. The Morgan fingerprint density at radius 3 is 2.21 bits per heavy atom. The van der Waals surface area contributed by atoms with Crippen LogP contribution in [-0.2, 0) is 38.1 Å². The highest BCUT2D eigenvalue weighted by Gasteiger charge is 2.53. The maximum Gasteiger partial charge on any atom is 0.332 e. The maximum atomic E-state index is 13.7. The van der Waals surface area contributed by atoms with E-state index in [1.807, 2.05) is 6.92 Å². The summed E-state index contributed by atoms with van der Waals surface area (Å²) >= 11 is 0. The molecule has 2 saturated heterocycles. The van der Waals surface area contributed by atoms with Gasteiger partial charge in [-0.1, -0.05) is 45.4 Å². The van der Waals surface area contributed by atoms with E-state index >= 15 is 0 Å². The first-order valence-corrected chi connectivity index (χ1v) is 21.0. The Hall–Kier alpha value is -2.07. The van der Waals surface area contributed by atoms with E-state index in [4.69, 9.17) is 28.8 Å². The van der Waals surface area contributed by atoms with Crippen LogP contribution in [0.1, 0.15) is 97.8 Å². The van der Waals surface area contributed by atoms with Crippen molar-refractivity contribution in [3.05, 3.63) is 0 Å². The number of carbonyl (C=O) groups is 3. The highest BCUT2D eigenvalue weighted by Crippen LogP contribution is 2.40. The van der Waals surface area contributed by atoms with Crippen molar-refractivity contribution in [2.24, 2.45) is 17.8 Å². The normalized spacial score (nSPS) is 37.0. The predicted octanol–water partition coefficient (Wildman–Crippen LogP) is -0.719. The molecule has 4 aliphatic rings. The third-order valence-electron chi connectivity index (χ3n) is 11.9. The molecule has 0 radical (unpaired) electrons. The lowest BCUT2D eigenvalue weighted by Gasteiger charge is -2.49. The Morgan fingerprint density at radius 2 is 1.56 bits per heavy atom. The molecule has 330 valence electrons. The molecule has 2 saturated carbocycles. The van der Waals surface area contributed by atoms with Gasteiger partial charge in [-0.25, -0.2) is 4.79 Å². The number of hydrogen-bond donors (Lipinski definition) is 10. The lowest BCUT2D eigenvalue weighted by atomic mass is 9.75. The molecule has 0 aromatic carbocycles. The average molecular weight is 820 g/mol. The van der Waals surface area contributed by atoms with Gasteiger partial charge in [0.05, 0.1) is 24.9 Å². The summed E-state index contributed by atoms with van der Waals surface area (Å²) in [5, 5.41) is 81.8. The van der Waals surface area contributed by atoms with Gasteiger partial charge in [0.2, 0.25) is 11.8 Å². The number of carboxylic acid groups (broad SMARTS) is 1. The molecule has 2 aliphatic carbocycles. The van der Waals surface area contributed by atoms with E-state index < -0.39 is 104 Å². The lowest BCUT2D eigenvalue weighted by Crippen LogP contribution is -2.67. The number of rotatable bonds is 21. The third kappa shape index (κ3) is 13.5. The standard InChI is InChI=1S/C39H69N3O15/c1-4-24-18-25(36(50)41-15-14-40-13-9-6-10-16-43)19-26(34(24)57-39-33(49)32(48)30(46)21(2)53-39)55-38-29(42-22(3)45)35(31(47)28(20-44)56-38)54-27(37(51)52)17-23-11-7-5-8-12-23/h21,23-35,38-40,43-44,46-49H,4-20H2,1-3H3,(H,41,50)(H,42,45)(H,51,52)/t21?,24?,25?,26-,27+,28?,29?,30-,31+,32?,33?,34?,35?,38-,39+/m1/s1. The monoisotopic (exact) mass is 819 g/mol. The number of unbranched alkanes of at least 4 members (excludes halogenated alkanes) is 2. The van der Waals surface area contributed by atoms with Crippen molar-refractivity contribution < 1.29 is 73.8 Å². The zero-order valence-electron chi connectivity index (χ0n) is 33.7. The van der Waals surface area contributed by atoms with Crippen LogP contribution in [-0.4, -0.2) is 166 Å². The summed E-state index contributed by atoms with van der Waals surface area (Å²) in [6.45, 7) is 5.74. The molecular formula is C39H69N3O15. The fourth-order valence-electron chi connectivity index (χ4n) is 8.66. The molecule has 2 heterocycles. The minimum Gasteiger partial charge on any atom is -0.479 e. The van der Waals surface area contributed by atoms with Crippen LogP contribution < -0.4 is 16.0 Å². The van der Waals surface area contributed by atoms with Crippen molar-refractivity contribution in [1.82, 2.24) is 16.0 Å². The molecule has 2 aliphatic heterocycles. The Balaban J connectivity index is 1.60. The number of aliphatic hydroxyl groups is 6. The van der Waals surface area contributed by atoms with Crippen molar-refractivity contribution in [3.63, 3.8) is 0 Å². The second-order valence-corrected chi connectivity index (χ2v) is 16.2. The molecule has 18 heteroatoms. The second kappa shape index (κ2) is 23.6. The topological polar surface area (TPSA) is 275 Å². The van der Waals surface area contributed by atoms with Gasteiger partial charge in [-0.2, -0.15) is 0 Å². The third-order valence-corrected chi connectivity index (χ3v) is 11.9. The van der Waals surface area contributed by atoms with Crippen LogP contribution in [0.15, 0.2) is 0 Å². The van der Waals surface area contributed by atoms with Crippen LogP contribution in [0.4, 0.5) is 0 Å². The molecule has 0 aromatic rings. The van der Waals surface area contributed by atoms with Crippen molar-refractivity contribution >= 4 is 17.8 Å². The minimum atomic E-state index is -1.63. The summed E-state index contributed by atoms with van der Waals surface area (Å²) < 4.78 is 31.1. The van der Waals surface area contributed by atoms with E-state index in [9.17, 15) is 45.0 Å². The molecule has 4 fully saturated rings. The van der Waals surface area contributed by atoms with Gasteiger partial charge < -0.3 is 75.4 Å². The fraction of sp³-hybridized carbons (Fsp3) is 0.923. The number of carbonyl (C=O) groups excluding carboxylic acids is 2. The van der Waals surface area contributed by atoms with Gasteiger partial charge in [-0.15, -0.1) is 0 Å². The Morgan fingerprint density at radius 1 is 0.825 bits per heavy atom. The number of amides is 2. The zero-order valence-corrected chi connectivity index (χ0v) is 33.7. The molecule has 18 nitrogen and oxygen atoms in total. The van der Waals surface area contributed by atoms with Crippen LogP contribution in [0, 0.1) is 17.8 Å². The first-order valence-electron chi connectivity index (χ1n) is 21.0. The zero-order chi connectivity index (χ0) is 41.6. The average Bonchev–Trinajstić information content (AvgIpc) is 3.19. The number of nitrogens with one attached hydrogen (secondary N) is 3. The molecule has 4 rings (SSSR count). The number of ether oxygens (including phenoxy) is 5. The highest BCUT2D eigenvalue weighted by atomic mass is 16.7. The molecule has 57 heavy (non-hydrogen) atoms. The summed E-state index contributed by atoms with van der Waals surface area (Å²) in [5.74, 6) is -2.89. The van der Waals surface area contributed by atoms with E-state index in [0.717, 1.165) is 57.9 Å². The molecule has 0 bridgehead atoms. The van der Waals surface area contributed by atoms with Gasteiger partial charge >= 0.3 is 5.97 Å². The second-order valence-electron chi connectivity index (χ2n) is 16.2. The first kappa shape index (κ1) is 47.6. The van der Waals surface area contributed by atoms with Gasteiger partial charge in [0.25, 0.3) is 0 Å². The van der Waals surface area contributed by atoms with Crippen molar-refractivity contribution in [3.8, 4) is 0 Å². The van der Waals surface area contributed by atoms with Gasteiger partial charge in [-0.3, -0.25) is 9.59 Å². The van der Waals surface area contributed by atoms with Crippen molar-refractivity contribution in [2.45, 2.75) is 177 Å². The summed E-state index contributed by atoms with van der Waals surface area (Å²) in [7, 11) is 0. The van der Waals surface area contributed by atoms with Crippen LogP contribution >= 0.6 is 0 Å². The quantitative estimate of drug-likeness (QED) is 0.0640. The van der Waals surface area contributed by atoms with E-state index in [1.165, 1.54) is 13.8 Å². The van der Waals surface area contributed by atoms with Gasteiger partial charge in [-0.05, 0) is 63.8 Å². The van der Waals surface area contributed by atoms with E-state index in [-0.39, 0.29) is 37.2 Å². The number of aliphatic hydroxyl groups excluding tert-OH is 6. The van der Waals surface area contributed by atoms with Crippen molar-refractivity contribution in [1.29, 1.82) is 0 Å². The molecule has 10 N–H and O–H groups in total. The predicted molar refractivity (Wildman–Crippen MR) is 202 cm³/mol. The minimum absolute atomic E-state index is 0.0646. The van der Waals surface area contributed by atoms with Crippen molar-refractivity contribution in [2.75, 3.05) is 32.8 Å². The van der Waals surface area contributed by atoms with Gasteiger partial charge in [0, 0.05) is 32.5 Å². The van der Waals surface area contributed by atoms with Crippen LogP contribution in [0.25, 0.3) is 0 Å². The Bertz CT molecular complexity index is 1230. The Labute approximate surface area is 335 Å². The SMILES string of the molecule is CCC1CC(C(=O)NCCNCCCCCO)C[C@@H](O[C@@H]2OC(CO)[C@H](O)C(O[C@@H](CC3CCCCC3)C(=O)O)C2NC(C)=O)C1O[C@@H]1OC(C)[C@@H](O)C(O)C1O. The molecule has 2 amide bonds. The Kier molecular flexibility index (Phi) is 19.8. The molecule has 9 unspecified atom stereocenters. The highest BCUT2D eigenvalue weighted by molar-refractivity contribution is 5.78. The van der Waals surface area contributed by atoms with Crippen LogP contribution in [0.2, 0.25) is 0 Å². The smallest absolute Gasteiger partial charge is 0.332 e. The van der Waals surface area contributed by atoms with E-state index in [2.05, 4.69) is 16.0 Å². The maximum absolute atomic E-state index is 13.7. The van der Waals surface area contributed by atoms with E-state index in [1.54, 1.807) is 0 Å². The summed E-state index contributed by atoms with van der Waals surface area (Å²) in [6.07, 6.45) is -7.51. The van der Waals surface area contributed by atoms with Gasteiger partial charge in [0.15, 0.2) is 18.7 Å². The van der Waals surface area contributed by atoms with E-state index in [0.29, 0.717) is 25.9 Å². The number of carboxylic acids is 1. The molecular weight excluding hydrogens is 750 g/mol. The largest absolute Gasteiger partial charge is 0.479 e. The molecule has 15 atom stereocenters. The fourth-order valence-corrected chi connectivity index (χ4v) is 8.66. The number of aliphatic carboxylic acids is 1. The molecule has 0 spiro atoms. The van der Waals surface area contributed by atoms with Crippen LogP contribution in [0.5, 0.6) is 0 Å². The first-order chi connectivity index (χ1) is 27.3. The number of hydrogen-bond acceptors (Lipinski definition) is 15. The summed E-state index contributed by atoms with van der Waals surface area (Å²) in [5.41, 5.74) is 0. The van der Waals surface area contributed by atoms with Gasteiger partial charge in [0.1, 0.15) is 42.7 Å². The van der Waals surface area contributed by atoms with Crippen LogP contribution in [0.3, 0.4) is 0 Å². The lowest BCUT2D eigenvalue weighted by molar-refractivity contribution is -0.338. The summed E-state index contributed by atoms with van der Waals surface area (Å²) in [6, 6.07) is -1.28. The molecule has 0 aromatic heterocycles.